The number of para-hydroxylation sites is 4. The van der Waals surface area contributed by atoms with Crippen LogP contribution in [0.3, 0.4) is 0 Å². The van der Waals surface area contributed by atoms with Crippen LogP contribution in [0.15, 0.2) is 162 Å². The molecule has 0 aliphatic rings. The Morgan fingerprint density at radius 1 is 0.429 bits per heavy atom. The summed E-state index contributed by atoms with van der Waals surface area (Å²) in [6.45, 7) is 0. The second-order valence-electron chi connectivity index (χ2n) is 12.7. The summed E-state index contributed by atoms with van der Waals surface area (Å²) in [6.07, 6.45) is 3.77. The number of rotatable bonds is 3. The quantitative estimate of drug-likeness (QED) is 0.196. The zero-order chi connectivity index (χ0) is 32.1. The molecule has 5 aromatic heterocycles. The second kappa shape index (κ2) is 9.89. The van der Waals surface area contributed by atoms with Crippen molar-refractivity contribution in [3.63, 3.8) is 0 Å². The molecule has 5 heteroatoms. The first-order valence-corrected chi connectivity index (χ1v) is 16.5. The fourth-order valence-corrected chi connectivity index (χ4v) is 7.84. The maximum Gasteiger partial charge on any atom is 0.137 e. The van der Waals surface area contributed by atoms with E-state index in [2.05, 4.69) is 135 Å². The highest BCUT2D eigenvalue weighted by molar-refractivity contribution is 6.14. The topological polar surface area (TPSA) is 48.8 Å². The Bertz CT molecular complexity index is 3070. The Hall–Kier alpha value is -6.72. The van der Waals surface area contributed by atoms with Gasteiger partial charge in [-0.05, 0) is 66.2 Å². The highest BCUT2D eigenvalue weighted by atomic mass is 16.3. The lowest BCUT2D eigenvalue weighted by Gasteiger charge is -2.15. The first-order valence-electron chi connectivity index (χ1n) is 16.5. The molecule has 6 aromatic carbocycles. The van der Waals surface area contributed by atoms with Crippen molar-refractivity contribution in [2.45, 2.75) is 0 Å². The van der Waals surface area contributed by atoms with Gasteiger partial charge in [0.05, 0.1) is 50.7 Å². The van der Waals surface area contributed by atoms with Gasteiger partial charge in [-0.1, -0.05) is 78.9 Å². The van der Waals surface area contributed by atoms with E-state index in [-0.39, 0.29) is 0 Å². The van der Waals surface area contributed by atoms with E-state index in [9.17, 15) is 0 Å². The molecule has 5 nitrogen and oxygen atoms in total. The van der Waals surface area contributed by atoms with Gasteiger partial charge >= 0.3 is 0 Å². The van der Waals surface area contributed by atoms with Crippen molar-refractivity contribution in [2.75, 3.05) is 0 Å². The number of hydrogen-bond donors (Lipinski definition) is 0. The van der Waals surface area contributed by atoms with Crippen molar-refractivity contribution in [1.29, 1.82) is 0 Å². The number of pyridine rings is 2. The third kappa shape index (κ3) is 3.75. The fourth-order valence-electron chi connectivity index (χ4n) is 7.84. The summed E-state index contributed by atoms with van der Waals surface area (Å²) in [4.78, 5) is 9.36. The van der Waals surface area contributed by atoms with Gasteiger partial charge in [0.1, 0.15) is 11.2 Å². The van der Waals surface area contributed by atoms with E-state index < -0.39 is 0 Å². The summed E-state index contributed by atoms with van der Waals surface area (Å²) in [5, 5.41) is 7.04. The smallest absolute Gasteiger partial charge is 0.137 e. The first-order chi connectivity index (χ1) is 24.3. The monoisotopic (exact) mass is 626 g/mol. The standard InChI is InChI=1S/C44H26N4O/c1-6-16-39-29(10-1)30-11-2-7-17-40(30)48(39)42-25-44-35(32-13-4-8-18-43(32)49-44)24-33(42)27-19-20-41-34(22-27)31-12-3-5-15-38(31)47(41)28-23-37-36(46-26-28)14-9-21-45-37/h1-26H. The highest BCUT2D eigenvalue weighted by Crippen LogP contribution is 2.42. The average Bonchev–Trinajstić information content (AvgIpc) is 3.81. The number of aromatic nitrogens is 4. The lowest BCUT2D eigenvalue weighted by Crippen LogP contribution is -1.98. The summed E-state index contributed by atoms with van der Waals surface area (Å²) in [5.41, 5.74) is 12.4. The lowest BCUT2D eigenvalue weighted by atomic mass is 9.98. The number of benzene rings is 6. The van der Waals surface area contributed by atoms with E-state index in [1.165, 1.54) is 21.5 Å². The molecular formula is C44H26N4O. The van der Waals surface area contributed by atoms with Crippen LogP contribution in [-0.2, 0) is 0 Å². The van der Waals surface area contributed by atoms with Gasteiger partial charge in [-0.3, -0.25) is 9.97 Å². The molecule has 5 heterocycles. The molecule has 11 rings (SSSR count). The van der Waals surface area contributed by atoms with Crippen molar-refractivity contribution < 1.29 is 4.42 Å². The minimum absolute atomic E-state index is 0.872. The van der Waals surface area contributed by atoms with Gasteiger partial charge in [-0.15, -0.1) is 0 Å². The number of fused-ring (bicyclic) bond motifs is 10. The maximum absolute atomic E-state index is 6.49. The summed E-state index contributed by atoms with van der Waals surface area (Å²) >= 11 is 0. The molecule has 0 amide bonds. The van der Waals surface area contributed by atoms with Gasteiger partial charge < -0.3 is 13.6 Å². The van der Waals surface area contributed by atoms with E-state index in [1.54, 1.807) is 0 Å². The van der Waals surface area contributed by atoms with Crippen LogP contribution < -0.4 is 0 Å². The fraction of sp³-hybridized carbons (Fsp3) is 0. The van der Waals surface area contributed by atoms with Crippen molar-refractivity contribution in [1.82, 2.24) is 19.1 Å². The molecule has 228 valence electrons. The molecule has 11 aromatic rings. The number of furan rings is 1. The zero-order valence-corrected chi connectivity index (χ0v) is 26.2. The predicted molar refractivity (Wildman–Crippen MR) is 201 cm³/mol. The van der Waals surface area contributed by atoms with Crippen LogP contribution in [0, 0.1) is 0 Å². The molecule has 0 bridgehead atoms. The first kappa shape index (κ1) is 26.4. The molecule has 0 spiro atoms. The minimum Gasteiger partial charge on any atom is -0.456 e. The Morgan fingerprint density at radius 2 is 1.08 bits per heavy atom. The highest BCUT2D eigenvalue weighted by Gasteiger charge is 2.20. The minimum atomic E-state index is 0.872. The lowest BCUT2D eigenvalue weighted by molar-refractivity contribution is 0.668. The Labute approximate surface area is 279 Å². The number of nitrogens with zero attached hydrogens (tertiary/aromatic N) is 4. The van der Waals surface area contributed by atoms with Crippen LogP contribution >= 0.6 is 0 Å². The van der Waals surface area contributed by atoms with Crippen molar-refractivity contribution in [2.24, 2.45) is 0 Å². The molecule has 0 N–H and O–H groups in total. The van der Waals surface area contributed by atoms with E-state index in [0.29, 0.717) is 0 Å². The van der Waals surface area contributed by atoms with Crippen LogP contribution in [0.25, 0.3) is 99.1 Å². The molecule has 0 unspecified atom stereocenters. The van der Waals surface area contributed by atoms with Gasteiger partial charge in [0.2, 0.25) is 0 Å². The molecule has 0 aliphatic carbocycles. The summed E-state index contributed by atoms with van der Waals surface area (Å²) in [5.74, 6) is 0. The molecule has 0 radical (unpaired) electrons. The Balaban J connectivity index is 1.23. The van der Waals surface area contributed by atoms with E-state index in [1.807, 2.05) is 36.7 Å². The summed E-state index contributed by atoms with van der Waals surface area (Å²) in [7, 11) is 0. The van der Waals surface area contributed by atoms with E-state index in [0.717, 1.165) is 77.5 Å². The third-order valence-corrected chi connectivity index (χ3v) is 9.99. The number of hydrogen-bond acceptors (Lipinski definition) is 3. The van der Waals surface area contributed by atoms with Crippen LogP contribution in [0.2, 0.25) is 0 Å². The second-order valence-corrected chi connectivity index (χ2v) is 12.7. The molecule has 0 fully saturated rings. The SMILES string of the molecule is c1cnc2cc(-n3c4ccccc4c4cc(-c5cc6c(cc5-n5c7ccccc7c7ccccc75)oc5ccccc56)ccc43)cnc2c1. The Morgan fingerprint density at radius 3 is 1.86 bits per heavy atom. The van der Waals surface area contributed by atoms with Gasteiger partial charge in [0.15, 0.2) is 0 Å². The average molecular weight is 627 g/mol. The van der Waals surface area contributed by atoms with Crippen LogP contribution in [0.5, 0.6) is 0 Å². The van der Waals surface area contributed by atoms with Gasteiger partial charge in [0.25, 0.3) is 0 Å². The van der Waals surface area contributed by atoms with Crippen molar-refractivity contribution in [3.8, 4) is 22.5 Å². The normalized spacial score (nSPS) is 12.1. The molecule has 0 atom stereocenters. The van der Waals surface area contributed by atoms with Gasteiger partial charge in [-0.25, -0.2) is 0 Å². The van der Waals surface area contributed by atoms with Gasteiger partial charge in [-0.2, -0.15) is 0 Å². The van der Waals surface area contributed by atoms with Crippen LogP contribution in [0.1, 0.15) is 0 Å². The van der Waals surface area contributed by atoms with Crippen molar-refractivity contribution >= 4 is 76.6 Å². The van der Waals surface area contributed by atoms with Crippen LogP contribution in [-0.4, -0.2) is 19.1 Å². The summed E-state index contributed by atoms with van der Waals surface area (Å²) in [6, 6.07) is 51.7. The van der Waals surface area contributed by atoms with Gasteiger partial charge in [0, 0.05) is 50.1 Å². The maximum atomic E-state index is 6.49. The zero-order valence-electron chi connectivity index (χ0n) is 26.2. The summed E-state index contributed by atoms with van der Waals surface area (Å²) < 4.78 is 11.2. The van der Waals surface area contributed by atoms with Crippen molar-refractivity contribution in [3.05, 3.63) is 158 Å². The van der Waals surface area contributed by atoms with E-state index >= 15 is 0 Å². The third-order valence-electron chi connectivity index (χ3n) is 9.99. The largest absolute Gasteiger partial charge is 0.456 e. The Kier molecular flexibility index (Phi) is 5.32. The molecule has 0 aliphatic heterocycles. The van der Waals surface area contributed by atoms with Crippen LogP contribution in [0.4, 0.5) is 0 Å². The predicted octanol–water partition coefficient (Wildman–Crippen LogP) is 11.4. The molecule has 0 saturated carbocycles. The molecule has 49 heavy (non-hydrogen) atoms. The molecular weight excluding hydrogens is 601 g/mol. The molecule has 0 saturated heterocycles. The van der Waals surface area contributed by atoms with E-state index in [4.69, 9.17) is 9.40 Å².